The lowest BCUT2D eigenvalue weighted by Gasteiger charge is -2.13. The Morgan fingerprint density at radius 1 is 1.38 bits per heavy atom. The molecule has 1 N–H and O–H groups in total. The van der Waals surface area contributed by atoms with Crippen LogP contribution in [0.25, 0.3) is 10.2 Å². The van der Waals surface area contributed by atoms with Crippen molar-refractivity contribution in [3.63, 3.8) is 0 Å². The highest BCUT2D eigenvalue weighted by Crippen LogP contribution is 2.30. The molecule has 3 rings (SSSR count). The molecular formula is C12H15N3S. The molecule has 2 unspecified atom stereocenters. The normalized spacial score (nSPS) is 25.1. The first-order chi connectivity index (χ1) is 7.83. The number of aromatic nitrogens is 2. The van der Waals surface area contributed by atoms with Crippen molar-refractivity contribution in [3.05, 3.63) is 17.8 Å². The van der Waals surface area contributed by atoms with Gasteiger partial charge in [-0.2, -0.15) is 0 Å². The van der Waals surface area contributed by atoms with Crippen LogP contribution in [0.3, 0.4) is 0 Å². The second kappa shape index (κ2) is 4.01. The molecule has 2 heterocycles. The third-order valence-electron chi connectivity index (χ3n) is 3.28. The van der Waals surface area contributed by atoms with Gasteiger partial charge in [0.25, 0.3) is 0 Å². The fourth-order valence-corrected chi connectivity index (χ4v) is 3.22. The van der Waals surface area contributed by atoms with Gasteiger partial charge < -0.3 is 5.32 Å². The number of hydrogen-bond acceptors (Lipinski definition) is 4. The van der Waals surface area contributed by atoms with Crippen molar-refractivity contribution in [3.8, 4) is 0 Å². The molecule has 4 heteroatoms. The summed E-state index contributed by atoms with van der Waals surface area (Å²) in [6, 6.07) is 2.64. The minimum absolute atomic E-state index is 0.593. The van der Waals surface area contributed by atoms with Gasteiger partial charge in [0.05, 0.1) is 10.2 Å². The summed E-state index contributed by atoms with van der Waals surface area (Å²) in [6.07, 6.45) is 5.50. The first-order valence-corrected chi connectivity index (χ1v) is 6.65. The van der Waals surface area contributed by atoms with Crippen molar-refractivity contribution in [1.29, 1.82) is 0 Å². The van der Waals surface area contributed by atoms with E-state index < -0.39 is 0 Å². The first-order valence-electron chi connectivity index (χ1n) is 5.77. The van der Waals surface area contributed by atoms with E-state index in [1.807, 2.05) is 6.07 Å². The smallest absolute Gasteiger partial charge is 0.147 e. The van der Waals surface area contributed by atoms with Gasteiger partial charge in [0.1, 0.15) is 12.1 Å². The van der Waals surface area contributed by atoms with Gasteiger partial charge in [-0.05, 0) is 36.6 Å². The molecule has 1 aliphatic rings. The van der Waals surface area contributed by atoms with Crippen molar-refractivity contribution in [2.45, 2.75) is 32.2 Å². The van der Waals surface area contributed by atoms with E-state index in [1.54, 1.807) is 17.7 Å². The zero-order valence-corrected chi connectivity index (χ0v) is 10.1. The Bertz CT molecular complexity index is 494. The minimum Gasteiger partial charge on any atom is -0.366 e. The van der Waals surface area contributed by atoms with Gasteiger partial charge in [-0.3, -0.25) is 0 Å². The fourth-order valence-electron chi connectivity index (χ4n) is 2.42. The number of thiophene rings is 1. The molecule has 2 atom stereocenters. The molecule has 1 aliphatic carbocycles. The summed E-state index contributed by atoms with van der Waals surface area (Å²) in [7, 11) is 0. The molecule has 0 spiro atoms. The summed E-state index contributed by atoms with van der Waals surface area (Å²) in [5, 5.41) is 5.63. The van der Waals surface area contributed by atoms with Crippen LogP contribution in [0.1, 0.15) is 26.2 Å². The van der Waals surface area contributed by atoms with Gasteiger partial charge in [0.15, 0.2) is 0 Å². The molecule has 2 aromatic rings. The van der Waals surface area contributed by atoms with Gasteiger partial charge in [-0.1, -0.05) is 6.92 Å². The standard InChI is InChI=1S/C12H15N3S/c1-8-2-3-9(6-8)15-12-11-10(4-5-16-11)13-7-14-12/h4-5,7-9H,2-3,6H2,1H3,(H,13,14,15). The zero-order valence-electron chi connectivity index (χ0n) is 9.31. The molecule has 1 saturated carbocycles. The molecule has 1 fully saturated rings. The summed E-state index contributed by atoms with van der Waals surface area (Å²) < 4.78 is 1.18. The Morgan fingerprint density at radius 2 is 2.31 bits per heavy atom. The van der Waals surface area contributed by atoms with Gasteiger partial charge in [0, 0.05) is 6.04 Å². The second-order valence-corrected chi connectivity index (χ2v) is 5.53. The maximum Gasteiger partial charge on any atom is 0.147 e. The van der Waals surface area contributed by atoms with E-state index >= 15 is 0 Å². The minimum atomic E-state index is 0.593. The number of nitrogens with zero attached hydrogens (tertiary/aromatic N) is 2. The summed E-state index contributed by atoms with van der Waals surface area (Å²) in [6.45, 7) is 2.32. The predicted molar refractivity (Wildman–Crippen MR) is 67.8 cm³/mol. The highest BCUT2D eigenvalue weighted by Gasteiger charge is 2.22. The SMILES string of the molecule is CC1CCC(Nc2ncnc3ccsc23)C1. The lowest BCUT2D eigenvalue weighted by atomic mass is 10.1. The Labute approximate surface area is 98.9 Å². The topological polar surface area (TPSA) is 37.8 Å². The van der Waals surface area contributed by atoms with E-state index in [0.717, 1.165) is 17.3 Å². The molecule has 2 aromatic heterocycles. The van der Waals surface area contributed by atoms with Crippen LogP contribution in [-0.2, 0) is 0 Å². The molecule has 0 saturated heterocycles. The maximum absolute atomic E-state index is 4.36. The molecule has 3 nitrogen and oxygen atoms in total. The monoisotopic (exact) mass is 233 g/mol. The van der Waals surface area contributed by atoms with E-state index in [9.17, 15) is 0 Å². The summed E-state index contributed by atoms with van der Waals surface area (Å²) in [5.74, 6) is 1.86. The zero-order chi connectivity index (χ0) is 11.0. The first kappa shape index (κ1) is 10.0. The Kier molecular flexibility index (Phi) is 2.52. The van der Waals surface area contributed by atoms with E-state index in [1.165, 1.54) is 24.0 Å². The lowest BCUT2D eigenvalue weighted by Crippen LogP contribution is -2.16. The fraction of sp³-hybridized carbons (Fsp3) is 0.500. The number of nitrogens with one attached hydrogen (secondary N) is 1. The average Bonchev–Trinajstić information content (AvgIpc) is 2.87. The summed E-state index contributed by atoms with van der Waals surface area (Å²) in [5.41, 5.74) is 1.05. The van der Waals surface area contributed by atoms with E-state index in [4.69, 9.17) is 0 Å². The van der Waals surface area contributed by atoms with Crippen LogP contribution in [0.5, 0.6) is 0 Å². The van der Waals surface area contributed by atoms with Gasteiger partial charge in [0.2, 0.25) is 0 Å². The third-order valence-corrected chi connectivity index (χ3v) is 4.19. The third kappa shape index (κ3) is 1.78. The predicted octanol–water partition coefficient (Wildman–Crippen LogP) is 3.29. The molecule has 0 aliphatic heterocycles. The highest BCUT2D eigenvalue weighted by molar-refractivity contribution is 7.17. The molecule has 0 amide bonds. The quantitative estimate of drug-likeness (QED) is 0.865. The largest absolute Gasteiger partial charge is 0.366 e. The Hall–Kier alpha value is -1.16. The van der Waals surface area contributed by atoms with Crippen molar-refractivity contribution in [2.24, 2.45) is 5.92 Å². The highest BCUT2D eigenvalue weighted by atomic mass is 32.1. The number of rotatable bonds is 2. The van der Waals surface area contributed by atoms with Crippen LogP contribution in [-0.4, -0.2) is 16.0 Å². The summed E-state index contributed by atoms with van der Waals surface area (Å²) in [4.78, 5) is 8.61. The number of hydrogen-bond donors (Lipinski definition) is 1. The van der Waals surface area contributed by atoms with Crippen LogP contribution >= 0.6 is 11.3 Å². The van der Waals surface area contributed by atoms with Crippen molar-refractivity contribution < 1.29 is 0 Å². The van der Waals surface area contributed by atoms with Gasteiger partial charge >= 0.3 is 0 Å². The summed E-state index contributed by atoms with van der Waals surface area (Å²) >= 11 is 1.71. The van der Waals surface area contributed by atoms with E-state index in [2.05, 4.69) is 27.6 Å². The molecule has 0 bridgehead atoms. The lowest BCUT2D eigenvalue weighted by molar-refractivity contribution is 0.602. The Balaban J connectivity index is 1.86. The maximum atomic E-state index is 4.36. The van der Waals surface area contributed by atoms with Crippen LogP contribution < -0.4 is 5.32 Å². The van der Waals surface area contributed by atoms with Gasteiger partial charge in [-0.15, -0.1) is 11.3 Å². The van der Waals surface area contributed by atoms with E-state index in [-0.39, 0.29) is 0 Å². The second-order valence-electron chi connectivity index (χ2n) is 4.62. The number of fused-ring (bicyclic) bond motifs is 1. The number of anilines is 1. The van der Waals surface area contributed by atoms with Crippen molar-refractivity contribution in [2.75, 3.05) is 5.32 Å². The molecular weight excluding hydrogens is 218 g/mol. The van der Waals surface area contributed by atoms with Crippen LogP contribution in [0.15, 0.2) is 17.8 Å². The average molecular weight is 233 g/mol. The molecule has 16 heavy (non-hydrogen) atoms. The molecule has 84 valence electrons. The van der Waals surface area contributed by atoms with E-state index in [0.29, 0.717) is 6.04 Å². The molecule has 0 radical (unpaired) electrons. The van der Waals surface area contributed by atoms with Gasteiger partial charge in [-0.25, -0.2) is 9.97 Å². The Morgan fingerprint density at radius 3 is 3.12 bits per heavy atom. The van der Waals surface area contributed by atoms with Crippen molar-refractivity contribution in [1.82, 2.24) is 9.97 Å². The van der Waals surface area contributed by atoms with Crippen LogP contribution in [0.2, 0.25) is 0 Å². The van der Waals surface area contributed by atoms with Crippen LogP contribution in [0.4, 0.5) is 5.82 Å². The molecule has 0 aromatic carbocycles. The van der Waals surface area contributed by atoms with Crippen LogP contribution in [0, 0.1) is 5.92 Å². The van der Waals surface area contributed by atoms with Crippen molar-refractivity contribution >= 4 is 27.4 Å².